The number of hydrogen-bond donors (Lipinski definition) is 1. The molecule has 0 fully saturated rings. The molecule has 2 heterocycles. The number of thiophene rings is 1. The normalized spacial score (nSPS) is 20.2. The number of halogens is 2. The van der Waals surface area contributed by atoms with Gasteiger partial charge in [0, 0.05) is 33.1 Å². The second-order valence-electron chi connectivity index (χ2n) is 10.5. The molecule has 1 aliphatic heterocycles. The number of rotatable bonds is 3. The summed E-state index contributed by atoms with van der Waals surface area (Å²) >= 11 is 14.2. The average Bonchev–Trinajstić information content (AvgIpc) is 3.36. The van der Waals surface area contributed by atoms with Crippen LogP contribution in [0.2, 0.25) is 10.0 Å². The fourth-order valence-corrected chi connectivity index (χ4v) is 6.68. The van der Waals surface area contributed by atoms with Gasteiger partial charge in [-0.3, -0.25) is 9.69 Å². The Balaban J connectivity index is 1.72. The molecular weight excluding hydrogens is 521 g/mol. The van der Waals surface area contributed by atoms with Crippen molar-refractivity contribution in [3.05, 3.63) is 109 Å². The molecule has 0 bridgehead atoms. The molecule has 188 valence electrons. The van der Waals surface area contributed by atoms with E-state index in [1.165, 1.54) is 4.88 Å². The van der Waals surface area contributed by atoms with Crippen LogP contribution in [0.5, 0.6) is 0 Å². The predicted molar refractivity (Wildman–Crippen MR) is 152 cm³/mol. The molecule has 0 unspecified atom stereocenters. The molecular formula is C30H27Cl2N3OS. The number of carbonyl (C=O) groups excluding carboxylic acids is 1. The standard InChI is InChI=1S/C30H27Cl2N3OS/c1-30(2,3)26-12-11-25(37-26)27-20(16-33)29(34)35(19-9-10-21(31)22(32)15-19)23-13-18(14-24(36)28(23)27)17-7-5-4-6-8-17/h4-12,15,18,27H,13-14,34H2,1-3H3/t18-,27-/m1/s1. The summed E-state index contributed by atoms with van der Waals surface area (Å²) in [5, 5.41) is 11.1. The van der Waals surface area contributed by atoms with Crippen molar-refractivity contribution in [1.29, 1.82) is 5.26 Å². The maximum Gasteiger partial charge on any atom is 0.162 e. The van der Waals surface area contributed by atoms with Crippen molar-refractivity contribution in [2.75, 3.05) is 4.90 Å². The molecule has 2 atom stereocenters. The summed E-state index contributed by atoms with van der Waals surface area (Å²) in [4.78, 5) is 17.9. The zero-order valence-corrected chi connectivity index (χ0v) is 23.2. The Morgan fingerprint density at radius 3 is 2.38 bits per heavy atom. The molecule has 0 radical (unpaired) electrons. The maximum absolute atomic E-state index is 14.0. The van der Waals surface area contributed by atoms with Crippen molar-refractivity contribution in [3.8, 4) is 6.07 Å². The van der Waals surface area contributed by atoms with E-state index in [0.29, 0.717) is 45.5 Å². The highest BCUT2D eigenvalue weighted by molar-refractivity contribution is 7.12. The van der Waals surface area contributed by atoms with Gasteiger partial charge in [-0.25, -0.2) is 0 Å². The van der Waals surface area contributed by atoms with E-state index in [9.17, 15) is 10.1 Å². The van der Waals surface area contributed by atoms with Crippen LogP contribution in [0.15, 0.2) is 83.3 Å². The van der Waals surface area contributed by atoms with Crippen molar-refractivity contribution in [2.24, 2.45) is 5.73 Å². The van der Waals surface area contributed by atoms with E-state index in [-0.39, 0.29) is 17.1 Å². The zero-order chi connectivity index (χ0) is 26.5. The highest BCUT2D eigenvalue weighted by Crippen LogP contribution is 2.51. The van der Waals surface area contributed by atoms with E-state index >= 15 is 0 Å². The number of nitrogens with two attached hydrogens (primary N) is 1. The number of Topliss-reactive ketones (excluding diaryl/α,β-unsaturated/α-hetero) is 1. The van der Waals surface area contributed by atoms with E-state index in [2.05, 4.69) is 45.0 Å². The SMILES string of the molecule is CC(C)(C)c1ccc([C@H]2C(C#N)=C(N)N(c3ccc(Cl)c(Cl)c3)C3=C2C(=O)C[C@H](c2ccccc2)C3)s1. The fraction of sp³-hybridized carbons (Fsp3) is 0.267. The quantitative estimate of drug-likeness (QED) is 0.360. The fourth-order valence-electron chi connectivity index (χ4n) is 5.20. The second-order valence-corrected chi connectivity index (χ2v) is 12.5. The lowest BCUT2D eigenvalue weighted by Crippen LogP contribution is -2.40. The lowest BCUT2D eigenvalue weighted by atomic mass is 9.73. The van der Waals surface area contributed by atoms with Gasteiger partial charge in [0.1, 0.15) is 5.82 Å². The number of anilines is 1. The van der Waals surface area contributed by atoms with Crippen molar-refractivity contribution in [2.45, 2.75) is 50.9 Å². The molecule has 2 N–H and O–H groups in total. The van der Waals surface area contributed by atoms with Crippen LogP contribution in [0.3, 0.4) is 0 Å². The third kappa shape index (κ3) is 4.59. The predicted octanol–water partition coefficient (Wildman–Crippen LogP) is 8.05. The van der Waals surface area contributed by atoms with Crippen molar-refractivity contribution < 1.29 is 4.79 Å². The zero-order valence-electron chi connectivity index (χ0n) is 20.9. The van der Waals surface area contributed by atoms with Gasteiger partial charge in [0.05, 0.1) is 27.6 Å². The van der Waals surface area contributed by atoms with Crippen LogP contribution in [0, 0.1) is 11.3 Å². The summed E-state index contributed by atoms with van der Waals surface area (Å²) in [6, 6.07) is 21.8. The van der Waals surface area contributed by atoms with E-state index in [1.54, 1.807) is 23.5 Å². The summed E-state index contributed by atoms with van der Waals surface area (Å²) in [7, 11) is 0. The molecule has 2 aliphatic rings. The molecule has 0 spiro atoms. The van der Waals surface area contributed by atoms with Gasteiger partial charge in [-0.15, -0.1) is 11.3 Å². The van der Waals surface area contributed by atoms with E-state index in [1.807, 2.05) is 35.2 Å². The minimum Gasteiger partial charge on any atom is -0.384 e. The Labute approximate surface area is 231 Å². The molecule has 4 nitrogen and oxygen atoms in total. The Morgan fingerprint density at radius 2 is 1.76 bits per heavy atom. The minimum atomic E-state index is -0.496. The monoisotopic (exact) mass is 547 g/mol. The number of benzene rings is 2. The molecule has 37 heavy (non-hydrogen) atoms. The molecule has 0 amide bonds. The van der Waals surface area contributed by atoms with E-state index < -0.39 is 5.92 Å². The van der Waals surface area contributed by atoms with Crippen LogP contribution in [0.4, 0.5) is 5.69 Å². The van der Waals surface area contributed by atoms with Crippen molar-refractivity contribution >= 4 is 46.0 Å². The highest BCUT2D eigenvalue weighted by Gasteiger charge is 2.43. The maximum atomic E-state index is 14.0. The Morgan fingerprint density at radius 1 is 1.03 bits per heavy atom. The molecule has 5 rings (SSSR count). The lowest BCUT2D eigenvalue weighted by Gasteiger charge is -2.41. The van der Waals surface area contributed by atoms with Gasteiger partial charge in [0.2, 0.25) is 0 Å². The number of hydrogen-bond acceptors (Lipinski definition) is 5. The van der Waals surface area contributed by atoms with Crippen LogP contribution in [-0.2, 0) is 10.2 Å². The molecule has 0 saturated heterocycles. The summed E-state index contributed by atoms with van der Waals surface area (Å²) in [5.41, 5.74) is 10.3. The first-order valence-electron chi connectivity index (χ1n) is 12.2. The summed E-state index contributed by atoms with van der Waals surface area (Å²) in [6.07, 6.45) is 0.990. The smallest absolute Gasteiger partial charge is 0.162 e. The van der Waals surface area contributed by atoms with Crippen LogP contribution >= 0.6 is 34.5 Å². The Bertz CT molecular complexity index is 1490. The van der Waals surface area contributed by atoms with E-state index in [0.717, 1.165) is 16.1 Å². The average molecular weight is 549 g/mol. The topological polar surface area (TPSA) is 70.1 Å². The molecule has 2 aromatic carbocycles. The van der Waals surface area contributed by atoms with Gasteiger partial charge in [0.25, 0.3) is 0 Å². The highest BCUT2D eigenvalue weighted by atomic mass is 35.5. The van der Waals surface area contributed by atoms with Crippen molar-refractivity contribution in [3.63, 3.8) is 0 Å². The number of allylic oxidation sites excluding steroid dienone is 3. The summed E-state index contributed by atoms with van der Waals surface area (Å²) in [6.45, 7) is 6.48. The van der Waals surface area contributed by atoms with E-state index in [4.69, 9.17) is 28.9 Å². The van der Waals surface area contributed by atoms with Crippen LogP contribution < -0.4 is 10.6 Å². The first-order chi connectivity index (χ1) is 17.6. The lowest BCUT2D eigenvalue weighted by molar-refractivity contribution is -0.116. The Hall–Kier alpha value is -3.04. The number of carbonyl (C=O) groups is 1. The van der Waals surface area contributed by atoms with Crippen LogP contribution in [0.1, 0.15) is 60.8 Å². The van der Waals surface area contributed by atoms with Crippen molar-refractivity contribution in [1.82, 2.24) is 0 Å². The molecule has 7 heteroatoms. The third-order valence-electron chi connectivity index (χ3n) is 7.05. The number of nitrogens with zero attached hydrogens (tertiary/aromatic N) is 2. The van der Waals surface area contributed by atoms with Crippen LogP contribution in [-0.4, -0.2) is 5.78 Å². The summed E-state index contributed by atoms with van der Waals surface area (Å²) < 4.78 is 0. The van der Waals surface area contributed by atoms with Gasteiger partial charge < -0.3 is 5.73 Å². The molecule has 0 saturated carbocycles. The van der Waals surface area contributed by atoms with Gasteiger partial charge in [-0.05, 0) is 53.6 Å². The van der Waals surface area contributed by atoms with Gasteiger partial charge in [0.15, 0.2) is 5.78 Å². The number of ketones is 1. The van der Waals surface area contributed by atoms with Crippen LogP contribution in [0.25, 0.3) is 0 Å². The minimum absolute atomic E-state index is 0.00304. The molecule has 1 aliphatic carbocycles. The van der Waals surface area contributed by atoms with Gasteiger partial charge in [-0.1, -0.05) is 74.3 Å². The molecule has 1 aromatic heterocycles. The molecule has 3 aromatic rings. The van der Waals surface area contributed by atoms with Gasteiger partial charge >= 0.3 is 0 Å². The largest absolute Gasteiger partial charge is 0.384 e. The van der Waals surface area contributed by atoms with Gasteiger partial charge in [-0.2, -0.15) is 5.26 Å². The second kappa shape index (κ2) is 9.68. The first-order valence-corrected chi connectivity index (χ1v) is 13.7. The Kier molecular flexibility index (Phi) is 6.70. The number of nitriles is 1. The summed E-state index contributed by atoms with van der Waals surface area (Å²) in [5.74, 6) is -0.138. The first kappa shape index (κ1) is 25.6. The third-order valence-corrected chi connectivity index (χ3v) is 9.37.